The highest BCUT2D eigenvalue weighted by atomic mass is 28.3. The van der Waals surface area contributed by atoms with E-state index in [0.29, 0.717) is 70.1 Å². The first kappa shape index (κ1) is 37.9. The maximum absolute atomic E-state index is 4.71. The van der Waals surface area contributed by atoms with Gasteiger partial charge in [0.1, 0.15) is 52.3 Å². The number of aromatic nitrogens is 18. The van der Waals surface area contributed by atoms with E-state index in [0.717, 1.165) is 0 Å². The first-order valence-corrected chi connectivity index (χ1v) is 23.8. The predicted octanol–water partition coefficient (Wildman–Crippen LogP) is 2.64. The van der Waals surface area contributed by atoms with Crippen LogP contribution < -0.4 is 0 Å². The smallest absolute Gasteiger partial charge is 0.206 e. The molecule has 0 N–H and O–H groups in total. The van der Waals surface area contributed by atoms with Crippen LogP contribution in [0, 0.1) is 22.9 Å². The normalized spacial score (nSPS) is 12.3. The topological polar surface area (TPSA) is 200 Å². The van der Waals surface area contributed by atoms with Gasteiger partial charge in [-0.15, -0.1) is 36.6 Å². The van der Waals surface area contributed by atoms with Gasteiger partial charge in [-0.25, -0.2) is 34.0 Å². The first-order chi connectivity index (χ1) is 24.1. The van der Waals surface area contributed by atoms with E-state index in [1.54, 1.807) is 28.1 Å². The summed E-state index contributed by atoms with van der Waals surface area (Å²) >= 11 is 0. The quantitative estimate of drug-likeness (QED) is 0.189. The van der Waals surface area contributed by atoms with Crippen molar-refractivity contribution in [2.24, 2.45) is 14.1 Å². The van der Waals surface area contributed by atoms with Crippen LogP contribution >= 0.6 is 0 Å². The molecular formula is C32H46N18Si2. The molecule has 0 aliphatic heterocycles. The van der Waals surface area contributed by atoms with Crippen LogP contribution in [0.15, 0.2) is 0 Å². The molecule has 6 aromatic heterocycles. The van der Waals surface area contributed by atoms with Crippen LogP contribution in [0.5, 0.6) is 0 Å². The SMILES string of the molecule is Cn1nnnc1Cn1nc2nc(C(C)(C)C)nc(C#C[Si](C)(C)C)c2n1.Cn1nnnc1Cn1nnc2c(C#C[Si](C)(C)C)nc(C(C)(C)C)nc21. The van der Waals surface area contributed by atoms with Gasteiger partial charge in [-0.05, 0) is 20.9 Å². The van der Waals surface area contributed by atoms with Crippen molar-refractivity contribution >= 4 is 38.5 Å². The summed E-state index contributed by atoms with van der Waals surface area (Å²) in [5, 5.41) is 40.5. The molecule has 6 rings (SSSR count). The molecule has 0 aliphatic carbocycles. The number of nitrogens with zero attached hydrogens (tertiary/aromatic N) is 18. The van der Waals surface area contributed by atoms with E-state index in [-0.39, 0.29) is 10.8 Å². The van der Waals surface area contributed by atoms with Gasteiger partial charge >= 0.3 is 0 Å². The average Bonchev–Trinajstić information content (AvgIpc) is 3.82. The third kappa shape index (κ3) is 9.30. The Kier molecular flexibility index (Phi) is 10.2. The van der Waals surface area contributed by atoms with Crippen molar-refractivity contribution in [2.75, 3.05) is 0 Å². The minimum atomic E-state index is -1.55. The molecular weight excluding hydrogens is 693 g/mol. The van der Waals surface area contributed by atoms with E-state index in [9.17, 15) is 0 Å². The Hall–Kier alpha value is -5.35. The second-order valence-electron chi connectivity index (χ2n) is 16.6. The summed E-state index contributed by atoms with van der Waals surface area (Å²) in [5.41, 5.74) is 9.96. The Morgan fingerprint density at radius 1 is 0.577 bits per heavy atom. The van der Waals surface area contributed by atoms with Crippen LogP contribution in [0.3, 0.4) is 0 Å². The molecule has 0 atom stereocenters. The number of fused-ring (bicyclic) bond motifs is 2. The number of aryl methyl sites for hydroxylation is 2. The molecule has 0 amide bonds. The maximum atomic E-state index is 4.71. The van der Waals surface area contributed by atoms with Crippen molar-refractivity contribution in [1.82, 2.24) is 90.3 Å². The fourth-order valence-corrected chi connectivity index (χ4v) is 5.23. The zero-order valence-electron chi connectivity index (χ0n) is 32.5. The zero-order chi connectivity index (χ0) is 38.2. The van der Waals surface area contributed by atoms with Crippen LogP contribution in [-0.2, 0) is 38.0 Å². The minimum Gasteiger partial charge on any atom is -0.231 e. The van der Waals surface area contributed by atoms with Crippen molar-refractivity contribution in [3.63, 3.8) is 0 Å². The summed E-state index contributed by atoms with van der Waals surface area (Å²) in [6.45, 7) is 26.3. The van der Waals surface area contributed by atoms with Crippen molar-refractivity contribution in [3.8, 4) is 22.9 Å². The van der Waals surface area contributed by atoms with Crippen molar-refractivity contribution in [3.05, 3.63) is 34.7 Å². The van der Waals surface area contributed by atoms with Gasteiger partial charge in [0, 0.05) is 24.9 Å². The van der Waals surface area contributed by atoms with Gasteiger partial charge in [0.05, 0.1) is 0 Å². The largest absolute Gasteiger partial charge is 0.231 e. The van der Waals surface area contributed by atoms with E-state index in [1.165, 1.54) is 4.80 Å². The molecule has 0 radical (unpaired) electrons. The number of tetrazole rings is 2. The molecule has 0 aliphatic rings. The van der Waals surface area contributed by atoms with Gasteiger partial charge in [-0.3, -0.25) is 0 Å². The Bertz CT molecular complexity index is 2310. The molecule has 6 aromatic rings. The second kappa shape index (κ2) is 14.0. The fourth-order valence-electron chi connectivity index (χ4n) is 4.25. The summed E-state index contributed by atoms with van der Waals surface area (Å²) in [6, 6.07) is 0. The summed E-state index contributed by atoms with van der Waals surface area (Å²) < 4.78 is 4.88. The fraction of sp³-hybridized carbons (Fsp3) is 0.562. The van der Waals surface area contributed by atoms with Crippen molar-refractivity contribution in [2.45, 2.75) is 105 Å². The Morgan fingerprint density at radius 3 is 1.56 bits per heavy atom. The van der Waals surface area contributed by atoms with Gasteiger partial charge in [-0.1, -0.05) is 97.9 Å². The van der Waals surface area contributed by atoms with Gasteiger partial charge in [-0.2, -0.15) is 4.80 Å². The molecule has 272 valence electrons. The van der Waals surface area contributed by atoms with Crippen molar-refractivity contribution in [1.29, 1.82) is 0 Å². The minimum absolute atomic E-state index is 0.207. The molecule has 0 aromatic carbocycles. The van der Waals surface area contributed by atoms with Gasteiger partial charge in [0.15, 0.2) is 28.3 Å². The number of hydrogen-bond donors (Lipinski definition) is 0. The Labute approximate surface area is 304 Å². The Morgan fingerprint density at radius 2 is 1.08 bits per heavy atom. The molecule has 0 unspecified atom stereocenters. The second-order valence-corrected chi connectivity index (χ2v) is 26.1. The first-order valence-electron chi connectivity index (χ1n) is 16.8. The third-order valence-electron chi connectivity index (χ3n) is 7.10. The van der Waals surface area contributed by atoms with Crippen LogP contribution in [0.25, 0.3) is 22.3 Å². The number of hydrogen-bond acceptors (Lipinski definition) is 14. The highest BCUT2D eigenvalue weighted by Crippen LogP contribution is 2.23. The zero-order valence-corrected chi connectivity index (χ0v) is 34.5. The van der Waals surface area contributed by atoms with E-state index in [2.05, 4.69) is 170 Å². The molecule has 18 nitrogen and oxygen atoms in total. The van der Waals surface area contributed by atoms with Crippen LogP contribution in [0.4, 0.5) is 0 Å². The summed E-state index contributed by atoms with van der Waals surface area (Å²) in [6.07, 6.45) is 0. The highest BCUT2D eigenvalue weighted by molar-refractivity contribution is 6.84. The lowest BCUT2D eigenvalue weighted by atomic mass is 9.95. The molecule has 6 heterocycles. The lowest BCUT2D eigenvalue weighted by Gasteiger charge is -2.16. The van der Waals surface area contributed by atoms with Crippen molar-refractivity contribution < 1.29 is 0 Å². The van der Waals surface area contributed by atoms with Gasteiger partial charge < -0.3 is 0 Å². The van der Waals surface area contributed by atoms with Gasteiger partial charge in [0.2, 0.25) is 5.65 Å². The molecule has 0 fully saturated rings. The molecule has 0 saturated carbocycles. The van der Waals surface area contributed by atoms with E-state index >= 15 is 0 Å². The lowest BCUT2D eigenvalue weighted by molar-refractivity contribution is 0.543. The highest BCUT2D eigenvalue weighted by Gasteiger charge is 2.24. The van der Waals surface area contributed by atoms with Gasteiger partial charge in [0.25, 0.3) is 0 Å². The maximum Gasteiger partial charge on any atom is 0.206 e. The standard InChI is InChI=1S/2C16H23N9Si/c1-16(2,3)15-17-11(8-9-26(5,6)7)13-14(18-15)25(22-20-13)10-12-19-21-23-24(12)4;1-16(2,3)15-17-11(8-9-26(5,6)7)13-14(18-15)21-25(20-13)10-12-19-22-23-24(12)4/h2*10H2,1-7H3. The van der Waals surface area contributed by atoms with E-state index in [4.69, 9.17) is 4.98 Å². The van der Waals surface area contributed by atoms with E-state index < -0.39 is 16.1 Å². The van der Waals surface area contributed by atoms with Crippen LogP contribution in [0.2, 0.25) is 39.3 Å². The predicted molar refractivity (Wildman–Crippen MR) is 200 cm³/mol. The molecule has 0 spiro atoms. The molecule has 0 saturated heterocycles. The average molecular weight is 739 g/mol. The lowest BCUT2D eigenvalue weighted by Crippen LogP contribution is -2.19. The van der Waals surface area contributed by atoms with Crippen LogP contribution in [-0.4, -0.2) is 106 Å². The number of rotatable bonds is 4. The Balaban J connectivity index is 0.000000201. The summed E-state index contributed by atoms with van der Waals surface area (Å²) in [4.78, 5) is 20.2. The molecule has 0 bridgehead atoms. The molecule has 20 heteroatoms. The molecule has 52 heavy (non-hydrogen) atoms. The summed E-state index contributed by atoms with van der Waals surface area (Å²) in [7, 11) is 0.466. The third-order valence-corrected chi connectivity index (χ3v) is 8.85. The summed E-state index contributed by atoms with van der Waals surface area (Å²) in [5.74, 6) is 9.19. The van der Waals surface area contributed by atoms with Crippen LogP contribution in [0.1, 0.15) is 76.2 Å². The van der Waals surface area contributed by atoms with E-state index in [1.807, 2.05) is 0 Å². The monoisotopic (exact) mass is 738 g/mol.